The summed E-state index contributed by atoms with van der Waals surface area (Å²) in [6, 6.07) is 12.8. The second kappa shape index (κ2) is 7.79. The van der Waals surface area contributed by atoms with E-state index in [1.165, 1.54) is 18.3 Å². The zero-order valence-electron chi connectivity index (χ0n) is 15.7. The maximum atomic E-state index is 13.2. The van der Waals surface area contributed by atoms with E-state index >= 15 is 0 Å². The first kappa shape index (κ1) is 18.7. The number of rotatable bonds is 4. The Morgan fingerprint density at radius 1 is 1.10 bits per heavy atom. The van der Waals surface area contributed by atoms with E-state index in [4.69, 9.17) is 4.74 Å². The van der Waals surface area contributed by atoms with Crippen LogP contribution in [0.3, 0.4) is 0 Å². The van der Waals surface area contributed by atoms with Gasteiger partial charge in [0, 0.05) is 18.2 Å². The van der Waals surface area contributed by atoms with Crippen LogP contribution in [-0.4, -0.2) is 28.8 Å². The minimum Gasteiger partial charge on any atom is -0.497 e. The molecule has 0 radical (unpaired) electrons. The monoisotopic (exact) mass is 391 g/mol. The summed E-state index contributed by atoms with van der Waals surface area (Å²) in [7, 11) is 1.55. The van der Waals surface area contributed by atoms with Gasteiger partial charge in [0.2, 0.25) is 5.95 Å². The Hall–Kier alpha value is -3.61. The van der Waals surface area contributed by atoms with Crippen LogP contribution in [0.5, 0.6) is 5.75 Å². The van der Waals surface area contributed by atoms with Crippen LogP contribution in [-0.2, 0) is 6.42 Å². The van der Waals surface area contributed by atoms with Crippen LogP contribution >= 0.6 is 0 Å². The molecular weight excluding hydrogens is 373 g/mol. The molecule has 0 spiro atoms. The number of Topliss-reactive ketones (excluding diaryl/α,β-unsaturated/α-hetero) is 1. The average molecular weight is 391 g/mol. The van der Waals surface area contributed by atoms with Crippen molar-refractivity contribution in [2.75, 3.05) is 12.4 Å². The molecule has 4 rings (SSSR count). The third-order valence-electron chi connectivity index (χ3n) is 4.96. The number of nitrogens with one attached hydrogen (secondary N) is 1. The SMILES string of the molecule is COc1ccc(C(=O)Nc2ncc3c(n2)C[C@@H](c2ccc(F)cc2)CC3=O)cc1. The zero-order chi connectivity index (χ0) is 20.4. The van der Waals surface area contributed by atoms with Crippen LogP contribution in [0.25, 0.3) is 0 Å². The fourth-order valence-electron chi connectivity index (χ4n) is 3.39. The van der Waals surface area contributed by atoms with E-state index in [2.05, 4.69) is 15.3 Å². The van der Waals surface area contributed by atoms with Gasteiger partial charge in [0.25, 0.3) is 5.91 Å². The lowest BCUT2D eigenvalue weighted by Crippen LogP contribution is -2.22. The molecule has 2 aromatic carbocycles. The predicted octanol–water partition coefficient (Wildman–Crippen LogP) is 3.79. The first-order valence-electron chi connectivity index (χ1n) is 9.13. The van der Waals surface area contributed by atoms with Crippen molar-refractivity contribution in [1.82, 2.24) is 9.97 Å². The molecule has 29 heavy (non-hydrogen) atoms. The van der Waals surface area contributed by atoms with Gasteiger partial charge in [0.1, 0.15) is 11.6 Å². The maximum absolute atomic E-state index is 13.2. The molecule has 3 aromatic rings. The molecule has 1 atom stereocenters. The number of benzene rings is 2. The summed E-state index contributed by atoms with van der Waals surface area (Å²) in [6.45, 7) is 0. The number of aromatic nitrogens is 2. The molecule has 0 bridgehead atoms. The summed E-state index contributed by atoms with van der Waals surface area (Å²) in [4.78, 5) is 33.4. The zero-order valence-corrected chi connectivity index (χ0v) is 15.7. The molecule has 7 heteroatoms. The van der Waals surface area contributed by atoms with E-state index in [9.17, 15) is 14.0 Å². The number of halogens is 1. The molecule has 0 saturated carbocycles. The number of ether oxygens (including phenoxy) is 1. The van der Waals surface area contributed by atoms with Gasteiger partial charge in [0.15, 0.2) is 5.78 Å². The summed E-state index contributed by atoms with van der Waals surface area (Å²) in [6.07, 6.45) is 2.29. The number of carbonyl (C=O) groups is 2. The Morgan fingerprint density at radius 2 is 1.83 bits per heavy atom. The van der Waals surface area contributed by atoms with Crippen molar-refractivity contribution in [3.63, 3.8) is 0 Å². The Kier molecular flexibility index (Phi) is 5.03. The van der Waals surface area contributed by atoms with Crippen LogP contribution in [0.15, 0.2) is 54.7 Å². The van der Waals surface area contributed by atoms with Crippen LogP contribution in [0.1, 0.15) is 44.3 Å². The van der Waals surface area contributed by atoms with E-state index in [0.717, 1.165) is 5.56 Å². The van der Waals surface area contributed by atoms with Crippen molar-refractivity contribution in [1.29, 1.82) is 0 Å². The molecule has 146 valence electrons. The highest BCUT2D eigenvalue weighted by atomic mass is 19.1. The molecular formula is C22H18FN3O3. The molecule has 1 heterocycles. The summed E-state index contributed by atoms with van der Waals surface area (Å²) in [5.74, 6) is -0.0368. The Labute approximate surface area is 166 Å². The predicted molar refractivity (Wildman–Crippen MR) is 105 cm³/mol. The number of hydrogen-bond acceptors (Lipinski definition) is 5. The first-order chi connectivity index (χ1) is 14.0. The molecule has 1 aliphatic carbocycles. The number of anilines is 1. The van der Waals surface area contributed by atoms with Gasteiger partial charge in [0.05, 0.1) is 18.4 Å². The molecule has 0 unspecified atom stereocenters. The smallest absolute Gasteiger partial charge is 0.258 e. The standard InChI is InChI=1S/C22H18FN3O3/c1-29-17-8-4-14(5-9-17)21(28)26-22-24-12-18-19(25-22)10-15(11-20(18)27)13-2-6-16(23)7-3-13/h2-9,12,15H,10-11H2,1H3,(H,24,25,26,28)/t15-/m1/s1. The topological polar surface area (TPSA) is 81.2 Å². The molecule has 0 fully saturated rings. The maximum Gasteiger partial charge on any atom is 0.258 e. The fraction of sp³-hybridized carbons (Fsp3) is 0.182. The van der Waals surface area contributed by atoms with Gasteiger partial charge in [-0.3, -0.25) is 14.9 Å². The van der Waals surface area contributed by atoms with Crippen molar-refractivity contribution in [2.24, 2.45) is 0 Å². The second-order valence-electron chi connectivity index (χ2n) is 6.82. The van der Waals surface area contributed by atoms with E-state index in [0.29, 0.717) is 35.4 Å². The molecule has 6 nitrogen and oxygen atoms in total. The molecule has 0 saturated heterocycles. The molecule has 1 aromatic heterocycles. The summed E-state index contributed by atoms with van der Waals surface area (Å²) >= 11 is 0. The second-order valence-corrected chi connectivity index (χ2v) is 6.82. The molecule has 1 N–H and O–H groups in total. The van der Waals surface area contributed by atoms with Crippen molar-refractivity contribution < 1.29 is 18.7 Å². The van der Waals surface area contributed by atoms with Crippen molar-refractivity contribution in [3.8, 4) is 5.75 Å². The van der Waals surface area contributed by atoms with Gasteiger partial charge in [-0.05, 0) is 54.3 Å². The van der Waals surface area contributed by atoms with Crippen molar-refractivity contribution >= 4 is 17.6 Å². The Morgan fingerprint density at radius 3 is 2.52 bits per heavy atom. The van der Waals surface area contributed by atoms with E-state index in [1.54, 1.807) is 43.5 Å². The minimum absolute atomic E-state index is 0.0615. The number of ketones is 1. The number of fused-ring (bicyclic) bond motifs is 1. The van der Waals surface area contributed by atoms with Crippen LogP contribution < -0.4 is 10.1 Å². The number of methoxy groups -OCH3 is 1. The van der Waals surface area contributed by atoms with Gasteiger partial charge in [-0.25, -0.2) is 14.4 Å². The lowest BCUT2D eigenvalue weighted by molar-refractivity contribution is 0.0962. The third kappa shape index (κ3) is 3.99. The molecule has 1 amide bonds. The van der Waals surface area contributed by atoms with Crippen molar-refractivity contribution in [2.45, 2.75) is 18.8 Å². The van der Waals surface area contributed by atoms with E-state index in [-0.39, 0.29) is 29.4 Å². The van der Waals surface area contributed by atoms with Crippen molar-refractivity contribution in [3.05, 3.63) is 82.9 Å². The van der Waals surface area contributed by atoms with Gasteiger partial charge in [-0.1, -0.05) is 12.1 Å². The molecule has 0 aliphatic heterocycles. The third-order valence-corrected chi connectivity index (χ3v) is 4.96. The Bertz CT molecular complexity index is 1070. The number of hydrogen-bond donors (Lipinski definition) is 1. The quantitative estimate of drug-likeness (QED) is 0.732. The van der Waals surface area contributed by atoms with Gasteiger partial charge < -0.3 is 4.74 Å². The lowest BCUT2D eigenvalue weighted by atomic mass is 9.82. The van der Waals surface area contributed by atoms with Gasteiger partial charge in [-0.2, -0.15) is 0 Å². The summed E-state index contributed by atoms with van der Waals surface area (Å²) < 4.78 is 18.3. The van der Waals surface area contributed by atoms with Crippen LogP contribution in [0.4, 0.5) is 10.3 Å². The number of nitrogens with zero attached hydrogens (tertiary/aromatic N) is 2. The van der Waals surface area contributed by atoms with Crippen LogP contribution in [0.2, 0.25) is 0 Å². The fourth-order valence-corrected chi connectivity index (χ4v) is 3.39. The Balaban J connectivity index is 1.54. The highest BCUT2D eigenvalue weighted by Crippen LogP contribution is 2.32. The number of carbonyl (C=O) groups excluding carboxylic acids is 2. The van der Waals surface area contributed by atoms with E-state index < -0.39 is 0 Å². The normalized spacial score (nSPS) is 15.5. The van der Waals surface area contributed by atoms with E-state index in [1.807, 2.05) is 0 Å². The largest absolute Gasteiger partial charge is 0.497 e. The lowest BCUT2D eigenvalue weighted by Gasteiger charge is -2.23. The highest BCUT2D eigenvalue weighted by Gasteiger charge is 2.28. The minimum atomic E-state index is -0.357. The van der Waals surface area contributed by atoms with Gasteiger partial charge in [-0.15, -0.1) is 0 Å². The number of amides is 1. The average Bonchev–Trinajstić information content (AvgIpc) is 2.74. The summed E-state index contributed by atoms with van der Waals surface area (Å²) in [5.41, 5.74) is 2.36. The highest BCUT2D eigenvalue weighted by molar-refractivity contribution is 6.03. The summed E-state index contributed by atoms with van der Waals surface area (Å²) in [5, 5.41) is 2.66. The molecule has 1 aliphatic rings. The van der Waals surface area contributed by atoms with Crippen LogP contribution in [0, 0.1) is 5.82 Å². The first-order valence-corrected chi connectivity index (χ1v) is 9.13. The van der Waals surface area contributed by atoms with Gasteiger partial charge >= 0.3 is 0 Å².